The summed E-state index contributed by atoms with van der Waals surface area (Å²) in [6.45, 7) is -0.162. The molecule has 4 aromatic rings. The first-order chi connectivity index (χ1) is 17.2. The molecule has 10 heteroatoms. The number of thiophene rings is 1. The Kier molecular flexibility index (Phi) is 6.44. The lowest BCUT2D eigenvalue weighted by atomic mass is 10.0. The third-order valence-electron chi connectivity index (χ3n) is 5.59. The predicted molar refractivity (Wildman–Crippen MR) is 130 cm³/mol. The van der Waals surface area contributed by atoms with Crippen LogP contribution >= 0.6 is 11.3 Å². The van der Waals surface area contributed by atoms with Crippen molar-refractivity contribution in [2.75, 3.05) is 20.8 Å². The average molecular weight is 491 g/mol. The zero-order chi connectivity index (χ0) is 24.2. The van der Waals surface area contributed by atoms with Gasteiger partial charge < -0.3 is 18.6 Å². The van der Waals surface area contributed by atoms with Gasteiger partial charge in [0, 0.05) is 12.0 Å². The molecule has 0 aliphatic carbocycles. The minimum absolute atomic E-state index is 0.162. The average Bonchev–Trinajstić information content (AvgIpc) is 3.69. The van der Waals surface area contributed by atoms with Crippen molar-refractivity contribution in [3.05, 3.63) is 76.8 Å². The number of hydrogen-bond donors (Lipinski definition) is 0. The maximum atomic E-state index is 13.3. The fourth-order valence-electron chi connectivity index (χ4n) is 3.86. The van der Waals surface area contributed by atoms with E-state index >= 15 is 0 Å². The van der Waals surface area contributed by atoms with Crippen LogP contribution in [0.25, 0.3) is 11.5 Å². The fraction of sp³-hybridized carbons (Fsp3) is 0.200. The molecule has 1 atom stereocenters. The molecule has 1 aliphatic rings. The van der Waals surface area contributed by atoms with Gasteiger partial charge in [-0.05, 0) is 53.4 Å². The van der Waals surface area contributed by atoms with Gasteiger partial charge in [0.25, 0.3) is 5.91 Å². The van der Waals surface area contributed by atoms with E-state index in [0.717, 1.165) is 21.7 Å². The van der Waals surface area contributed by atoms with Crippen LogP contribution in [0, 0.1) is 0 Å². The van der Waals surface area contributed by atoms with E-state index in [1.807, 2.05) is 35.7 Å². The number of rotatable bonds is 8. The lowest BCUT2D eigenvalue weighted by molar-refractivity contribution is -0.135. The number of hydrogen-bond acceptors (Lipinski definition) is 9. The van der Waals surface area contributed by atoms with Gasteiger partial charge in [-0.25, -0.2) is 5.01 Å². The van der Waals surface area contributed by atoms with E-state index in [1.165, 1.54) is 11.4 Å². The largest absolute Gasteiger partial charge is 0.493 e. The summed E-state index contributed by atoms with van der Waals surface area (Å²) in [5.74, 6) is 1.93. The molecule has 35 heavy (non-hydrogen) atoms. The van der Waals surface area contributed by atoms with Crippen molar-refractivity contribution in [3.8, 4) is 28.7 Å². The summed E-state index contributed by atoms with van der Waals surface area (Å²) < 4.78 is 21.8. The number of carbonyl (C=O) groups is 1. The Morgan fingerprint density at radius 2 is 1.94 bits per heavy atom. The lowest BCUT2D eigenvalue weighted by Crippen LogP contribution is -2.31. The molecule has 0 fully saturated rings. The molecule has 0 saturated heterocycles. The molecular formula is C25H22N4O5S. The summed E-state index contributed by atoms with van der Waals surface area (Å²) in [4.78, 5) is 14.3. The second-order valence-electron chi connectivity index (χ2n) is 7.65. The molecule has 3 heterocycles. The van der Waals surface area contributed by atoms with Gasteiger partial charge in [0.2, 0.25) is 12.3 Å². The van der Waals surface area contributed by atoms with Crippen LogP contribution in [-0.4, -0.2) is 47.7 Å². The maximum absolute atomic E-state index is 13.3. The number of nitrogens with zero attached hydrogens (tertiary/aromatic N) is 4. The highest BCUT2D eigenvalue weighted by Gasteiger charge is 2.34. The Morgan fingerprint density at radius 1 is 1.11 bits per heavy atom. The van der Waals surface area contributed by atoms with Crippen LogP contribution in [0.2, 0.25) is 0 Å². The molecule has 2 aromatic carbocycles. The fourth-order valence-corrected chi connectivity index (χ4v) is 4.58. The highest BCUT2D eigenvalue weighted by Crippen LogP contribution is 2.38. The standard InChI is InChI=1S/C25H22N4O5S/c1-31-21-10-7-17(12-22(21)32-2)20-13-19(23-4-3-11-35-23)28-29(20)24(30)14-33-18-8-5-16(6-9-18)25-27-26-15-34-25/h3-12,15,20H,13-14H2,1-2H3. The third kappa shape index (κ3) is 4.73. The summed E-state index contributed by atoms with van der Waals surface area (Å²) >= 11 is 1.59. The smallest absolute Gasteiger partial charge is 0.281 e. The highest BCUT2D eigenvalue weighted by molar-refractivity contribution is 7.12. The number of hydrazone groups is 1. The molecule has 178 valence electrons. The normalized spacial score (nSPS) is 15.1. The summed E-state index contributed by atoms with van der Waals surface area (Å²) in [5.41, 5.74) is 2.52. The molecule has 0 saturated carbocycles. The number of ether oxygens (including phenoxy) is 3. The zero-order valence-corrected chi connectivity index (χ0v) is 19.9. The van der Waals surface area contributed by atoms with Crippen molar-refractivity contribution < 1.29 is 23.4 Å². The maximum Gasteiger partial charge on any atom is 0.281 e. The topological polar surface area (TPSA) is 99.3 Å². The molecule has 0 N–H and O–H groups in total. The monoisotopic (exact) mass is 490 g/mol. The predicted octanol–water partition coefficient (Wildman–Crippen LogP) is 4.57. The second kappa shape index (κ2) is 9.98. The molecule has 0 spiro atoms. The van der Waals surface area contributed by atoms with Gasteiger partial charge in [-0.3, -0.25) is 4.79 Å². The van der Waals surface area contributed by atoms with Crippen LogP contribution in [0.1, 0.15) is 22.9 Å². The Balaban J connectivity index is 1.35. The first-order valence-corrected chi connectivity index (χ1v) is 11.7. The quantitative estimate of drug-likeness (QED) is 0.357. The Labute approximate surface area is 205 Å². The SMILES string of the molecule is COc1ccc(C2CC(c3cccs3)=NN2C(=O)COc2ccc(-c3nnco3)cc2)cc1OC. The molecule has 1 amide bonds. The zero-order valence-electron chi connectivity index (χ0n) is 19.1. The Bertz CT molecular complexity index is 1320. The van der Waals surface area contributed by atoms with Crippen molar-refractivity contribution in [2.24, 2.45) is 5.10 Å². The summed E-state index contributed by atoms with van der Waals surface area (Å²) in [6, 6.07) is 16.4. The number of carbonyl (C=O) groups excluding carboxylic acids is 1. The highest BCUT2D eigenvalue weighted by atomic mass is 32.1. The van der Waals surface area contributed by atoms with Crippen LogP contribution in [0.4, 0.5) is 0 Å². The van der Waals surface area contributed by atoms with E-state index in [1.54, 1.807) is 49.8 Å². The van der Waals surface area contributed by atoms with E-state index < -0.39 is 0 Å². The molecule has 9 nitrogen and oxygen atoms in total. The lowest BCUT2D eigenvalue weighted by Gasteiger charge is -2.23. The van der Waals surface area contributed by atoms with Gasteiger partial charge in [0.1, 0.15) is 5.75 Å². The molecular weight excluding hydrogens is 468 g/mol. The van der Waals surface area contributed by atoms with E-state index in [4.69, 9.17) is 18.6 Å². The van der Waals surface area contributed by atoms with Crippen molar-refractivity contribution in [3.63, 3.8) is 0 Å². The van der Waals surface area contributed by atoms with Crippen LogP contribution in [-0.2, 0) is 4.79 Å². The summed E-state index contributed by atoms with van der Waals surface area (Å²) in [7, 11) is 3.18. The summed E-state index contributed by atoms with van der Waals surface area (Å²) in [6.07, 6.45) is 1.86. The molecule has 2 aromatic heterocycles. The number of benzene rings is 2. The van der Waals surface area contributed by atoms with Gasteiger partial charge in [-0.1, -0.05) is 12.1 Å². The van der Waals surface area contributed by atoms with Gasteiger partial charge >= 0.3 is 0 Å². The van der Waals surface area contributed by atoms with Crippen LogP contribution in [0.15, 0.2) is 75.9 Å². The van der Waals surface area contributed by atoms with Gasteiger partial charge in [0.15, 0.2) is 18.1 Å². The van der Waals surface area contributed by atoms with Crippen molar-refractivity contribution >= 4 is 23.0 Å². The number of methoxy groups -OCH3 is 2. The van der Waals surface area contributed by atoms with Crippen LogP contribution in [0.5, 0.6) is 17.2 Å². The molecule has 0 radical (unpaired) electrons. The van der Waals surface area contributed by atoms with Crippen molar-refractivity contribution in [1.82, 2.24) is 15.2 Å². The van der Waals surface area contributed by atoms with E-state index in [0.29, 0.717) is 29.6 Å². The molecule has 0 bridgehead atoms. The van der Waals surface area contributed by atoms with Crippen LogP contribution < -0.4 is 14.2 Å². The van der Waals surface area contributed by atoms with Crippen molar-refractivity contribution in [1.29, 1.82) is 0 Å². The van der Waals surface area contributed by atoms with E-state index in [2.05, 4.69) is 15.3 Å². The van der Waals surface area contributed by atoms with Crippen molar-refractivity contribution in [2.45, 2.75) is 12.5 Å². The van der Waals surface area contributed by atoms with Gasteiger partial charge in [-0.15, -0.1) is 21.5 Å². The van der Waals surface area contributed by atoms with E-state index in [-0.39, 0.29) is 18.6 Å². The summed E-state index contributed by atoms with van der Waals surface area (Å²) in [5, 5.41) is 15.7. The third-order valence-corrected chi connectivity index (χ3v) is 6.51. The molecule has 1 aliphatic heterocycles. The number of aromatic nitrogens is 2. The minimum atomic E-state index is -0.289. The first kappa shape index (κ1) is 22.6. The Hall–Kier alpha value is -4.18. The van der Waals surface area contributed by atoms with Crippen LogP contribution in [0.3, 0.4) is 0 Å². The Morgan fingerprint density at radius 3 is 2.63 bits per heavy atom. The minimum Gasteiger partial charge on any atom is -0.493 e. The van der Waals surface area contributed by atoms with E-state index in [9.17, 15) is 4.79 Å². The second-order valence-corrected chi connectivity index (χ2v) is 8.60. The van der Waals surface area contributed by atoms with Gasteiger partial charge in [-0.2, -0.15) is 5.10 Å². The molecule has 5 rings (SSSR count). The number of amides is 1. The first-order valence-electron chi connectivity index (χ1n) is 10.8. The molecule has 1 unspecified atom stereocenters. The van der Waals surface area contributed by atoms with Gasteiger partial charge in [0.05, 0.1) is 30.9 Å².